The molecule has 1 amide bonds. The van der Waals surface area contributed by atoms with Crippen molar-refractivity contribution >= 4 is 18.8 Å². The smallest absolute Gasteiger partial charge is 0.230 e. The Balaban J connectivity index is 2.15. The molecule has 0 bridgehead atoms. The summed E-state index contributed by atoms with van der Waals surface area (Å²) in [7, 11) is 1.63. The van der Waals surface area contributed by atoms with E-state index in [-0.39, 0.29) is 5.81 Å². The van der Waals surface area contributed by atoms with E-state index in [9.17, 15) is 4.79 Å². The number of aromatic nitrogens is 1. The van der Waals surface area contributed by atoms with Crippen LogP contribution in [0.25, 0.3) is 0 Å². The zero-order valence-corrected chi connectivity index (χ0v) is 11.3. The van der Waals surface area contributed by atoms with Crippen LogP contribution < -0.4 is 4.90 Å². The van der Waals surface area contributed by atoms with Crippen LogP contribution in [0.1, 0.15) is 17.0 Å². The van der Waals surface area contributed by atoms with Crippen molar-refractivity contribution in [1.82, 2.24) is 4.57 Å². The molecule has 4 heteroatoms. The molecule has 1 aliphatic heterocycles. The molecule has 19 heavy (non-hydrogen) atoms. The van der Waals surface area contributed by atoms with Gasteiger partial charge in [-0.2, -0.15) is 0 Å². The molecular formula is C15H16BN2O. The Bertz CT molecular complexity index is 633. The molecule has 3 nitrogen and oxygen atoms in total. The number of anilines is 1. The average molecular weight is 251 g/mol. The maximum absolute atomic E-state index is 12.2. The molecule has 1 aromatic heterocycles. The van der Waals surface area contributed by atoms with Gasteiger partial charge in [0.2, 0.25) is 7.28 Å². The van der Waals surface area contributed by atoms with E-state index >= 15 is 0 Å². The fourth-order valence-electron chi connectivity index (χ4n) is 2.67. The first-order valence-corrected chi connectivity index (χ1v) is 6.54. The van der Waals surface area contributed by atoms with Crippen LogP contribution in [0.2, 0.25) is 6.82 Å². The van der Waals surface area contributed by atoms with Crippen LogP contribution in [0.15, 0.2) is 36.4 Å². The Hall–Kier alpha value is -1.97. The summed E-state index contributed by atoms with van der Waals surface area (Å²) in [5, 5.41) is 0. The van der Waals surface area contributed by atoms with Gasteiger partial charge >= 0.3 is 0 Å². The Morgan fingerprint density at radius 3 is 2.74 bits per heavy atom. The standard InChI is InChI=1S/C15H16BN2O/c1-11-7-8-13-10-18(15(19)16-2)14-6-4-3-5-12(14)9-17(11)13/h3-8H,9-10H2,1-2H3. The van der Waals surface area contributed by atoms with Gasteiger partial charge in [-0.1, -0.05) is 25.0 Å². The number of amides is 1. The van der Waals surface area contributed by atoms with Crippen molar-refractivity contribution < 1.29 is 4.79 Å². The topological polar surface area (TPSA) is 25.2 Å². The van der Waals surface area contributed by atoms with Gasteiger partial charge < -0.3 is 9.47 Å². The Morgan fingerprint density at radius 1 is 1.16 bits per heavy atom. The van der Waals surface area contributed by atoms with Gasteiger partial charge in [0, 0.05) is 23.6 Å². The number of aryl methyl sites for hydroxylation is 1. The molecular weight excluding hydrogens is 235 g/mol. The summed E-state index contributed by atoms with van der Waals surface area (Å²) in [6.07, 6.45) is 0. The third-order valence-corrected chi connectivity index (χ3v) is 3.73. The van der Waals surface area contributed by atoms with Crippen LogP contribution in [0.5, 0.6) is 0 Å². The van der Waals surface area contributed by atoms with Crippen LogP contribution in [0.3, 0.4) is 0 Å². The predicted molar refractivity (Wildman–Crippen MR) is 77.9 cm³/mol. The summed E-state index contributed by atoms with van der Waals surface area (Å²) in [6, 6.07) is 12.4. The van der Waals surface area contributed by atoms with Crippen molar-refractivity contribution in [2.75, 3.05) is 4.90 Å². The van der Waals surface area contributed by atoms with E-state index in [1.54, 1.807) is 14.1 Å². The largest absolute Gasteiger partial charge is 0.343 e. The lowest BCUT2D eigenvalue weighted by molar-refractivity contribution is 0.263. The quantitative estimate of drug-likeness (QED) is 0.715. The number of benzene rings is 1. The fourth-order valence-corrected chi connectivity index (χ4v) is 2.67. The zero-order valence-electron chi connectivity index (χ0n) is 11.3. The first kappa shape index (κ1) is 12.1. The average Bonchev–Trinajstić information content (AvgIpc) is 2.69. The Labute approximate surface area is 114 Å². The van der Waals surface area contributed by atoms with Crippen LogP contribution in [0, 0.1) is 6.92 Å². The lowest BCUT2D eigenvalue weighted by Crippen LogP contribution is -2.32. The SMILES string of the molecule is C[B]C(=O)N1Cc2ccc(C)n2Cc2ccccc21. The first-order chi connectivity index (χ1) is 9.20. The van der Waals surface area contributed by atoms with Gasteiger partial charge in [-0.3, -0.25) is 4.79 Å². The summed E-state index contributed by atoms with van der Waals surface area (Å²) in [5.74, 6) is 0.0553. The number of rotatable bonds is 1. The number of nitrogens with zero attached hydrogens (tertiary/aromatic N) is 2. The third kappa shape index (κ3) is 1.97. The Morgan fingerprint density at radius 2 is 1.95 bits per heavy atom. The minimum atomic E-state index is 0.0553. The molecule has 1 radical (unpaired) electrons. The number of hydrogen-bond donors (Lipinski definition) is 0. The molecule has 0 atom stereocenters. The molecule has 1 aromatic carbocycles. The highest BCUT2D eigenvalue weighted by molar-refractivity contribution is 6.74. The number of para-hydroxylation sites is 1. The van der Waals surface area contributed by atoms with E-state index < -0.39 is 0 Å². The van der Waals surface area contributed by atoms with E-state index in [4.69, 9.17) is 0 Å². The molecule has 0 saturated carbocycles. The van der Waals surface area contributed by atoms with Gasteiger partial charge in [-0.25, -0.2) is 0 Å². The molecule has 0 aliphatic carbocycles. The first-order valence-electron chi connectivity index (χ1n) is 6.54. The predicted octanol–water partition coefficient (Wildman–Crippen LogP) is 3.04. The van der Waals surface area contributed by atoms with Crippen LogP contribution in [0.4, 0.5) is 10.5 Å². The maximum atomic E-state index is 12.2. The molecule has 2 heterocycles. The molecule has 0 N–H and O–H groups in total. The van der Waals surface area contributed by atoms with Gasteiger partial charge in [0.05, 0.1) is 6.54 Å². The number of hydrogen-bond acceptors (Lipinski definition) is 1. The second-order valence-corrected chi connectivity index (χ2v) is 4.89. The number of carbonyl (C=O) groups is 1. The molecule has 2 aromatic rings. The van der Waals surface area contributed by atoms with Crippen molar-refractivity contribution in [1.29, 1.82) is 0 Å². The minimum Gasteiger partial charge on any atom is -0.343 e. The second-order valence-electron chi connectivity index (χ2n) is 4.89. The highest BCUT2D eigenvalue weighted by Crippen LogP contribution is 2.28. The summed E-state index contributed by atoms with van der Waals surface area (Å²) in [4.78, 5) is 14.0. The van der Waals surface area contributed by atoms with E-state index in [2.05, 4.69) is 29.7 Å². The van der Waals surface area contributed by atoms with Crippen LogP contribution in [-0.2, 0) is 13.1 Å². The van der Waals surface area contributed by atoms with Crippen molar-refractivity contribution in [2.45, 2.75) is 26.8 Å². The van der Waals surface area contributed by atoms with Gasteiger partial charge in [0.15, 0.2) is 5.81 Å². The molecule has 0 fully saturated rings. The third-order valence-electron chi connectivity index (χ3n) is 3.73. The summed E-state index contributed by atoms with van der Waals surface area (Å²) in [5.41, 5.74) is 4.63. The van der Waals surface area contributed by atoms with Crippen LogP contribution in [-0.4, -0.2) is 17.7 Å². The molecule has 3 rings (SSSR count). The zero-order chi connectivity index (χ0) is 13.4. The summed E-state index contributed by atoms with van der Waals surface area (Å²) >= 11 is 0. The second kappa shape index (κ2) is 4.61. The Kier molecular flexibility index (Phi) is 2.93. The molecule has 0 saturated heterocycles. The number of carbonyl (C=O) groups excluding carboxylic acids is 1. The highest BCUT2D eigenvalue weighted by Gasteiger charge is 2.23. The van der Waals surface area contributed by atoms with E-state index in [1.165, 1.54) is 17.0 Å². The van der Waals surface area contributed by atoms with E-state index in [0.717, 1.165) is 12.2 Å². The normalized spacial score (nSPS) is 13.5. The maximum Gasteiger partial charge on any atom is 0.230 e. The lowest BCUT2D eigenvalue weighted by Gasteiger charge is -2.22. The van der Waals surface area contributed by atoms with Crippen molar-refractivity contribution in [2.24, 2.45) is 0 Å². The van der Waals surface area contributed by atoms with Crippen molar-refractivity contribution in [3.63, 3.8) is 0 Å². The summed E-state index contributed by atoms with van der Waals surface area (Å²) < 4.78 is 2.28. The van der Waals surface area contributed by atoms with Gasteiger partial charge in [-0.05, 0) is 30.7 Å². The van der Waals surface area contributed by atoms with Gasteiger partial charge in [-0.15, -0.1) is 0 Å². The van der Waals surface area contributed by atoms with Gasteiger partial charge in [0.1, 0.15) is 0 Å². The summed E-state index contributed by atoms with van der Waals surface area (Å²) in [6.45, 7) is 5.36. The fraction of sp³-hybridized carbons (Fsp3) is 0.267. The van der Waals surface area contributed by atoms with E-state index in [1.807, 2.05) is 23.1 Å². The van der Waals surface area contributed by atoms with Crippen molar-refractivity contribution in [3.05, 3.63) is 53.3 Å². The lowest BCUT2D eigenvalue weighted by atomic mass is 9.80. The minimum absolute atomic E-state index is 0.0553. The molecule has 95 valence electrons. The molecule has 0 spiro atoms. The monoisotopic (exact) mass is 251 g/mol. The van der Waals surface area contributed by atoms with Gasteiger partial charge in [0.25, 0.3) is 0 Å². The van der Waals surface area contributed by atoms with Crippen molar-refractivity contribution in [3.8, 4) is 0 Å². The van der Waals surface area contributed by atoms with E-state index in [0.29, 0.717) is 6.54 Å². The molecule has 0 unspecified atom stereocenters. The van der Waals surface area contributed by atoms with Crippen LogP contribution >= 0.6 is 0 Å². The highest BCUT2D eigenvalue weighted by atomic mass is 16.2. The molecule has 1 aliphatic rings. The number of fused-ring (bicyclic) bond motifs is 2.